The van der Waals surface area contributed by atoms with Crippen LogP contribution in [0.25, 0.3) is 0 Å². The number of hydrogen-bond acceptors (Lipinski definition) is 2. The summed E-state index contributed by atoms with van der Waals surface area (Å²) in [5.41, 5.74) is 5.92. The SMILES string of the molecule is CCCCCC(CN)N(C)CC1CCCCC1. The Labute approximate surface area is 108 Å². The molecule has 0 aromatic heterocycles. The Morgan fingerprint density at radius 1 is 1.18 bits per heavy atom. The Balaban J connectivity index is 2.23. The average molecular weight is 240 g/mol. The van der Waals surface area contributed by atoms with E-state index < -0.39 is 0 Å². The number of hydrogen-bond donors (Lipinski definition) is 1. The summed E-state index contributed by atoms with van der Waals surface area (Å²) in [7, 11) is 2.28. The van der Waals surface area contributed by atoms with Gasteiger partial charge in [0.2, 0.25) is 0 Å². The highest BCUT2D eigenvalue weighted by molar-refractivity contribution is 4.75. The van der Waals surface area contributed by atoms with E-state index in [0.717, 1.165) is 12.5 Å². The summed E-state index contributed by atoms with van der Waals surface area (Å²) >= 11 is 0. The van der Waals surface area contributed by atoms with Crippen molar-refractivity contribution in [2.45, 2.75) is 70.8 Å². The van der Waals surface area contributed by atoms with Crippen LogP contribution in [-0.4, -0.2) is 31.1 Å². The molecule has 1 unspecified atom stereocenters. The van der Waals surface area contributed by atoms with Gasteiger partial charge in [-0.1, -0.05) is 45.4 Å². The monoisotopic (exact) mass is 240 g/mol. The minimum atomic E-state index is 0.614. The van der Waals surface area contributed by atoms with Crippen LogP contribution < -0.4 is 5.73 Å². The number of unbranched alkanes of at least 4 members (excludes halogenated alkanes) is 2. The first-order valence-electron chi connectivity index (χ1n) is 7.68. The van der Waals surface area contributed by atoms with E-state index in [2.05, 4.69) is 18.9 Å². The van der Waals surface area contributed by atoms with Crippen LogP contribution in [0.3, 0.4) is 0 Å². The van der Waals surface area contributed by atoms with Crippen molar-refractivity contribution >= 4 is 0 Å². The summed E-state index contributed by atoms with van der Waals surface area (Å²) in [5.74, 6) is 0.939. The van der Waals surface area contributed by atoms with Gasteiger partial charge < -0.3 is 10.6 Å². The lowest BCUT2D eigenvalue weighted by Crippen LogP contribution is -2.40. The van der Waals surface area contributed by atoms with Gasteiger partial charge in [0.15, 0.2) is 0 Å². The van der Waals surface area contributed by atoms with Crippen molar-refractivity contribution in [3.63, 3.8) is 0 Å². The zero-order valence-electron chi connectivity index (χ0n) is 12.0. The molecular formula is C15H32N2. The normalized spacial score (nSPS) is 19.8. The second kappa shape index (κ2) is 8.93. The van der Waals surface area contributed by atoms with Crippen molar-refractivity contribution in [2.24, 2.45) is 11.7 Å². The summed E-state index contributed by atoms with van der Waals surface area (Å²) in [4.78, 5) is 2.53. The van der Waals surface area contributed by atoms with Gasteiger partial charge in [-0.05, 0) is 32.2 Å². The molecule has 1 atom stereocenters. The first-order chi connectivity index (χ1) is 8.27. The fourth-order valence-corrected chi connectivity index (χ4v) is 3.07. The predicted octanol–water partition coefficient (Wildman–Crippen LogP) is 3.41. The molecule has 1 rings (SSSR count). The van der Waals surface area contributed by atoms with Gasteiger partial charge in [0.25, 0.3) is 0 Å². The highest BCUT2D eigenvalue weighted by atomic mass is 15.1. The number of likely N-dealkylation sites (N-methyl/N-ethyl adjacent to an activating group) is 1. The van der Waals surface area contributed by atoms with Gasteiger partial charge in [-0.15, -0.1) is 0 Å². The summed E-state index contributed by atoms with van der Waals surface area (Å²) in [6.45, 7) is 4.37. The van der Waals surface area contributed by atoms with E-state index in [-0.39, 0.29) is 0 Å². The van der Waals surface area contributed by atoms with Crippen LogP contribution in [0.5, 0.6) is 0 Å². The minimum Gasteiger partial charge on any atom is -0.329 e. The molecule has 0 heterocycles. The van der Waals surface area contributed by atoms with Gasteiger partial charge in [-0.25, -0.2) is 0 Å². The number of nitrogens with two attached hydrogens (primary N) is 1. The molecule has 102 valence electrons. The van der Waals surface area contributed by atoms with E-state index in [0.29, 0.717) is 6.04 Å². The summed E-state index contributed by atoms with van der Waals surface area (Å²) in [5, 5.41) is 0. The molecule has 2 nitrogen and oxygen atoms in total. The van der Waals surface area contributed by atoms with Crippen molar-refractivity contribution in [2.75, 3.05) is 20.1 Å². The fraction of sp³-hybridized carbons (Fsp3) is 1.00. The Kier molecular flexibility index (Phi) is 7.87. The smallest absolute Gasteiger partial charge is 0.0215 e. The van der Waals surface area contributed by atoms with E-state index in [1.807, 2.05) is 0 Å². The summed E-state index contributed by atoms with van der Waals surface area (Å²) < 4.78 is 0. The summed E-state index contributed by atoms with van der Waals surface area (Å²) in [6, 6.07) is 0.614. The molecule has 0 amide bonds. The zero-order valence-corrected chi connectivity index (χ0v) is 12.0. The standard InChI is InChI=1S/C15H32N2/c1-3-4-6-11-15(12-16)17(2)13-14-9-7-5-8-10-14/h14-15H,3-13,16H2,1-2H3. The third-order valence-corrected chi connectivity index (χ3v) is 4.31. The van der Waals surface area contributed by atoms with Gasteiger partial charge in [-0.2, -0.15) is 0 Å². The Morgan fingerprint density at radius 3 is 2.47 bits per heavy atom. The first-order valence-corrected chi connectivity index (χ1v) is 7.68. The molecule has 0 aliphatic heterocycles. The van der Waals surface area contributed by atoms with Crippen molar-refractivity contribution in [3.05, 3.63) is 0 Å². The lowest BCUT2D eigenvalue weighted by Gasteiger charge is -2.32. The third-order valence-electron chi connectivity index (χ3n) is 4.31. The lowest BCUT2D eigenvalue weighted by atomic mass is 9.88. The van der Waals surface area contributed by atoms with Crippen LogP contribution in [0.1, 0.15) is 64.7 Å². The molecule has 1 fully saturated rings. The van der Waals surface area contributed by atoms with Crippen molar-refractivity contribution in [1.29, 1.82) is 0 Å². The maximum absolute atomic E-state index is 5.92. The molecule has 0 spiro atoms. The van der Waals surface area contributed by atoms with Crippen molar-refractivity contribution in [3.8, 4) is 0 Å². The lowest BCUT2D eigenvalue weighted by molar-refractivity contribution is 0.175. The van der Waals surface area contributed by atoms with Crippen LogP contribution in [-0.2, 0) is 0 Å². The van der Waals surface area contributed by atoms with E-state index in [1.165, 1.54) is 64.3 Å². The molecule has 0 radical (unpaired) electrons. The maximum atomic E-state index is 5.92. The van der Waals surface area contributed by atoms with Crippen LogP contribution in [0.2, 0.25) is 0 Å². The predicted molar refractivity (Wildman–Crippen MR) is 76.2 cm³/mol. The van der Waals surface area contributed by atoms with Gasteiger partial charge in [-0.3, -0.25) is 0 Å². The second-order valence-electron chi connectivity index (χ2n) is 5.83. The topological polar surface area (TPSA) is 29.3 Å². The molecule has 0 aromatic rings. The molecule has 2 heteroatoms. The van der Waals surface area contributed by atoms with Crippen LogP contribution in [0, 0.1) is 5.92 Å². The molecular weight excluding hydrogens is 208 g/mol. The molecule has 1 saturated carbocycles. The molecule has 0 aromatic carbocycles. The minimum absolute atomic E-state index is 0.614. The van der Waals surface area contributed by atoms with Crippen molar-refractivity contribution in [1.82, 2.24) is 4.90 Å². The fourth-order valence-electron chi connectivity index (χ4n) is 3.07. The molecule has 1 aliphatic carbocycles. The van der Waals surface area contributed by atoms with Crippen LogP contribution in [0.15, 0.2) is 0 Å². The van der Waals surface area contributed by atoms with Gasteiger partial charge in [0.1, 0.15) is 0 Å². The molecule has 1 aliphatic rings. The Hall–Kier alpha value is -0.0800. The van der Waals surface area contributed by atoms with Gasteiger partial charge in [0, 0.05) is 19.1 Å². The second-order valence-corrected chi connectivity index (χ2v) is 5.83. The van der Waals surface area contributed by atoms with E-state index in [4.69, 9.17) is 5.73 Å². The first kappa shape index (κ1) is 15.0. The Morgan fingerprint density at radius 2 is 1.88 bits per heavy atom. The molecule has 2 N–H and O–H groups in total. The van der Waals surface area contributed by atoms with Crippen LogP contribution >= 0.6 is 0 Å². The third kappa shape index (κ3) is 5.87. The highest BCUT2D eigenvalue weighted by Gasteiger charge is 2.19. The van der Waals surface area contributed by atoms with E-state index in [9.17, 15) is 0 Å². The molecule has 0 bridgehead atoms. The maximum Gasteiger partial charge on any atom is 0.0215 e. The van der Waals surface area contributed by atoms with Crippen LogP contribution in [0.4, 0.5) is 0 Å². The van der Waals surface area contributed by atoms with Gasteiger partial charge >= 0.3 is 0 Å². The van der Waals surface area contributed by atoms with E-state index >= 15 is 0 Å². The van der Waals surface area contributed by atoms with Crippen molar-refractivity contribution < 1.29 is 0 Å². The largest absolute Gasteiger partial charge is 0.329 e. The molecule has 17 heavy (non-hydrogen) atoms. The Bertz CT molecular complexity index is 176. The zero-order chi connectivity index (χ0) is 12.5. The van der Waals surface area contributed by atoms with E-state index in [1.54, 1.807) is 0 Å². The van der Waals surface area contributed by atoms with Gasteiger partial charge in [0.05, 0.1) is 0 Å². The molecule has 0 saturated heterocycles. The highest BCUT2D eigenvalue weighted by Crippen LogP contribution is 2.25. The number of nitrogens with zero attached hydrogens (tertiary/aromatic N) is 1. The number of rotatable bonds is 8. The average Bonchev–Trinajstić information content (AvgIpc) is 2.36. The summed E-state index contributed by atoms with van der Waals surface area (Å²) in [6.07, 6.45) is 12.5. The quantitative estimate of drug-likeness (QED) is 0.659.